The van der Waals surface area contributed by atoms with E-state index in [1.807, 2.05) is 0 Å². The van der Waals surface area contributed by atoms with Gasteiger partial charge < -0.3 is 9.64 Å². The third kappa shape index (κ3) is 6.04. The molecule has 2 aromatic rings. The topological polar surface area (TPSA) is 12.5 Å². The van der Waals surface area contributed by atoms with Crippen molar-refractivity contribution in [2.45, 2.75) is 37.7 Å². The van der Waals surface area contributed by atoms with Crippen molar-refractivity contribution in [1.29, 1.82) is 0 Å². The second-order valence-electron chi connectivity index (χ2n) is 7.21. The Morgan fingerprint density at radius 2 is 1.57 bits per heavy atom. The van der Waals surface area contributed by atoms with E-state index >= 15 is 0 Å². The minimum absolute atomic E-state index is 0.00437. The number of hydrogen-bond donors (Lipinski definition) is 0. The van der Waals surface area contributed by atoms with Gasteiger partial charge in [-0.2, -0.15) is 26.3 Å². The van der Waals surface area contributed by atoms with Gasteiger partial charge in [0.15, 0.2) is 0 Å². The van der Waals surface area contributed by atoms with Gasteiger partial charge in [0.05, 0.1) is 12.0 Å². The summed E-state index contributed by atoms with van der Waals surface area (Å²) in [5.41, 5.74) is -0.576. The van der Waals surface area contributed by atoms with Crippen molar-refractivity contribution in [2.24, 2.45) is 0 Å². The zero-order chi connectivity index (χ0) is 21.9. The fourth-order valence-corrected chi connectivity index (χ4v) is 3.77. The van der Waals surface area contributed by atoms with Crippen LogP contribution in [0.25, 0.3) is 11.1 Å². The van der Waals surface area contributed by atoms with Crippen molar-refractivity contribution < 1.29 is 31.1 Å². The largest absolute Gasteiger partial charge is 0.490 e. The van der Waals surface area contributed by atoms with Gasteiger partial charge in [-0.1, -0.05) is 29.8 Å². The minimum atomic E-state index is -4.53. The number of piperidine rings is 1. The molecule has 9 heteroatoms. The van der Waals surface area contributed by atoms with Crippen LogP contribution >= 0.6 is 11.6 Å². The fraction of sp³-hybridized carbons (Fsp3) is 0.429. The van der Waals surface area contributed by atoms with E-state index in [0.29, 0.717) is 37.2 Å². The van der Waals surface area contributed by atoms with E-state index in [2.05, 4.69) is 0 Å². The lowest BCUT2D eigenvalue weighted by Crippen LogP contribution is -2.39. The molecule has 1 aliphatic heterocycles. The predicted molar refractivity (Wildman–Crippen MR) is 103 cm³/mol. The predicted octanol–water partition coefficient (Wildman–Crippen LogP) is 6.82. The summed E-state index contributed by atoms with van der Waals surface area (Å²) in [4.78, 5) is 1.76. The van der Waals surface area contributed by atoms with E-state index in [4.69, 9.17) is 16.3 Å². The van der Waals surface area contributed by atoms with Crippen LogP contribution in [0, 0.1) is 0 Å². The summed E-state index contributed by atoms with van der Waals surface area (Å²) in [6.07, 6.45) is -8.51. The standard InChI is InChI=1S/C21H20ClF6NO/c22-18-3-1-2-17(21(26,27)28)19(18)14-4-6-15(7-5-14)30-16-8-11-29(12-9-16)13-10-20(23,24)25/h1-7,16H,8-13H2. The van der Waals surface area contributed by atoms with Crippen molar-refractivity contribution in [3.05, 3.63) is 53.1 Å². The molecule has 0 amide bonds. The van der Waals surface area contributed by atoms with Crippen LogP contribution in [0.15, 0.2) is 42.5 Å². The first-order valence-corrected chi connectivity index (χ1v) is 9.82. The zero-order valence-electron chi connectivity index (χ0n) is 15.9. The highest BCUT2D eigenvalue weighted by molar-refractivity contribution is 6.33. The smallest absolute Gasteiger partial charge is 0.417 e. The highest BCUT2D eigenvalue weighted by Crippen LogP contribution is 2.41. The number of ether oxygens (including phenoxy) is 1. The van der Waals surface area contributed by atoms with E-state index in [9.17, 15) is 26.3 Å². The summed E-state index contributed by atoms with van der Waals surface area (Å²) in [5.74, 6) is 0.494. The molecule has 1 heterocycles. The molecule has 0 saturated carbocycles. The van der Waals surface area contributed by atoms with Crippen LogP contribution in [0.1, 0.15) is 24.8 Å². The Kier molecular flexibility index (Phi) is 6.87. The van der Waals surface area contributed by atoms with Crippen LogP contribution in [0.5, 0.6) is 5.75 Å². The number of rotatable bonds is 5. The molecule has 2 nitrogen and oxygen atoms in total. The average Bonchev–Trinajstić information content (AvgIpc) is 2.67. The zero-order valence-corrected chi connectivity index (χ0v) is 16.6. The number of alkyl halides is 6. The summed E-state index contributed by atoms with van der Waals surface area (Å²) < 4.78 is 82.7. The molecular formula is C21H20ClF6NO. The molecule has 0 aromatic heterocycles. The number of benzene rings is 2. The first-order chi connectivity index (χ1) is 14.0. The van der Waals surface area contributed by atoms with Gasteiger partial charge in [0.2, 0.25) is 0 Å². The molecule has 1 fully saturated rings. The SMILES string of the molecule is FC(F)(F)CCN1CCC(Oc2ccc(-c3c(Cl)cccc3C(F)(F)F)cc2)CC1. The van der Waals surface area contributed by atoms with Gasteiger partial charge >= 0.3 is 12.4 Å². The van der Waals surface area contributed by atoms with Crippen LogP contribution in [-0.4, -0.2) is 36.8 Å². The van der Waals surface area contributed by atoms with Crippen molar-refractivity contribution in [3.8, 4) is 16.9 Å². The molecule has 3 rings (SSSR count). The molecule has 0 aliphatic carbocycles. The molecule has 0 bridgehead atoms. The highest BCUT2D eigenvalue weighted by atomic mass is 35.5. The Bertz CT molecular complexity index is 842. The van der Waals surface area contributed by atoms with E-state index in [0.717, 1.165) is 6.07 Å². The molecule has 0 unspecified atom stereocenters. The quantitative estimate of drug-likeness (QED) is 0.462. The van der Waals surface area contributed by atoms with Gasteiger partial charge in [-0.3, -0.25) is 0 Å². The van der Waals surface area contributed by atoms with Gasteiger partial charge in [0.25, 0.3) is 0 Å². The number of halogens is 7. The molecule has 1 aliphatic rings. The summed E-state index contributed by atoms with van der Waals surface area (Å²) in [5, 5.41) is 0.00437. The Balaban J connectivity index is 1.62. The molecular weight excluding hydrogens is 432 g/mol. The van der Waals surface area contributed by atoms with Gasteiger partial charge in [-0.25, -0.2) is 0 Å². The molecule has 0 radical (unpaired) electrons. The molecule has 0 atom stereocenters. The average molecular weight is 452 g/mol. The van der Waals surface area contributed by atoms with Crippen molar-refractivity contribution in [1.82, 2.24) is 4.90 Å². The van der Waals surface area contributed by atoms with E-state index < -0.39 is 24.3 Å². The Morgan fingerprint density at radius 1 is 0.933 bits per heavy atom. The first kappa shape index (κ1) is 22.7. The summed E-state index contributed by atoms with van der Waals surface area (Å²) in [7, 11) is 0. The van der Waals surface area contributed by atoms with Crippen LogP contribution < -0.4 is 4.74 Å². The Hall–Kier alpha value is -1.93. The normalized spacial score (nSPS) is 16.6. The maximum atomic E-state index is 13.3. The van der Waals surface area contributed by atoms with Gasteiger partial charge in [-0.05, 0) is 42.7 Å². The van der Waals surface area contributed by atoms with Crippen molar-refractivity contribution >= 4 is 11.6 Å². The van der Waals surface area contributed by atoms with Crippen LogP contribution in [-0.2, 0) is 6.18 Å². The van der Waals surface area contributed by atoms with Gasteiger partial charge in [0.1, 0.15) is 11.9 Å². The minimum Gasteiger partial charge on any atom is -0.490 e. The maximum absolute atomic E-state index is 13.3. The molecule has 2 aromatic carbocycles. The summed E-state index contributed by atoms with van der Waals surface area (Å²) in [6, 6.07) is 9.84. The van der Waals surface area contributed by atoms with Crippen molar-refractivity contribution in [3.63, 3.8) is 0 Å². The molecule has 30 heavy (non-hydrogen) atoms. The van der Waals surface area contributed by atoms with Gasteiger partial charge in [0, 0.05) is 30.2 Å². The Morgan fingerprint density at radius 3 is 2.13 bits per heavy atom. The first-order valence-electron chi connectivity index (χ1n) is 9.45. The molecule has 0 spiro atoms. The summed E-state index contributed by atoms with van der Waals surface area (Å²) >= 11 is 6.03. The number of nitrogens with zero attached hydrogens (tertiary/aromatic N) is 1. The van der Waals surface area contributed by atoms with Crippen LogP contribution in [0.3, 0.4) is 0 Å². The van der Waals surface area contributed by atoms with E-state index in [1.165, 1.54) is 24.3 Å². The molecule has 164 valence electrons. The maximum Gasteiger partial charge on any atom is 0.417 e. The second kappa shape index (κ2) is 9.06. The third-order valence-corrected chi connectivity index (χ3v) is 5.33. The van der Waals surface area contributed by atoms with E-state index in [1.54, 1.807) is 17.0 Å². The third-order valence-electron chi connectivity index (χ3n) is 5.01. The van der Waals surface area contributed by atoms with Crippen LogP contribution in [0.2, 0.25) is 5.02 Å². The Labute approximate surface area is 175 Å². The lowest BCUT2D eigenvalue weighted by Gasteiger charge is -2.32. The van der Waals surface area contributed by atoms with E-state index in [-0.39, 0.29) is 23.2 Å². The number of hydrogen-bond acceptors (Lipinski definition) is 2. The summed E-state index contributed by atoms with van der Waals surface area (Å²) in [6.45, 7) is 0.991. The van der Waals surface area contributed by atoms with Crippen molar-refractivity contribution in [2.75, 3.05) is 19.6 Å². The lowest BCUT2D eigenvalue weighted by atomic mass is 9.99. The lowest BCUT2D eigenvalue weighted by molar-refractivity contribution is -0.139. The monoisotopic (exact) mass is 451 g/mol. The molecule has 1 saturated heterocycles. The second-order valence-corrected chi connectivity index (χ2v) is 7.62. The highest BCUT2D eigenvalue weighted by Gasteiger charge is 2.34. The van der Waals surface area contributed by atoms with Crippen LogP contribution in [0.4, 0.5) is 26.3 Å². The number of likely N-dealkylation sites (tertiary alicyclic amines) is 1. The molecule has 0 N–H and O–H groups in total. The fourth-order valence-electron chi connectivity index (χ4n) is 3.48. The van der Waals surface area contributed by atoms with Gasteiger partial charge in [-0.15, -0.1) is 0 Å².